The molecule has 0 heterocycles. The summed E-state index contributed by atoms with van der Waals surface area (Å²) in [6, 6.07) is -0.807. The second-order valence-electron chi connectivity index (χ2n) is 5.26. The van der Waals surface area contributed by atoms with Crippen molar-refractivity contribution in [3.05, 3.63) is 0 Å². The van der Waals surface area contributed by atoms with Crippen LogP contribution in [0, 0.1) is 5.92 Å². The number of rotatable bonds is 8. The van der Waals surface area contributed by atoms with E-state index in [0.717, 1.165) is 19.3 Å². The summed E-state index contributed by atoms with van der Waals surface area (Å²) in [7, 11) is 1.32. The third-order valence-corrected chi connectivity index (χ3v) is 3.03. The van der Waals surface area contributed by atoms with Gasteiger partial charge in [0, 0.05) is 6.04 Å². The minimum Gasteiger partial charge on any atom is -0.467 e. The third-order valence-electron chi connectivity index (χ3n) is 3.03. The SMILES string of the molecule is CCCCCC(C)NC(=O)NC(C(=O)OC)C(C)C. The Labute approximate surface area is 116 Å². The summed E-state index contributed by atoms with van der Waals surface area (Å²) in [4.78, 5) is 23.3. The van der Waals surface area contributed by atoms with E-state index in [1.807, 2.05) is 20.8 Å². The molecule has 0 radical (unpaired) electrons. The zero-order valence-electron chi connectivity index (χ0n) is 12.8. The molecule has 0 aliphatic heterocycles. The number of urea groups is 1. The lowest BCUT2D eigenvalue weighted by molar-refractivity contribution is -0.143. The van der Waals surface area contributed by atoms with Crippen molar-refractivity contribution in [3.63, 3.8) is 0 Å². The maximum Gasteiger partial charge on any atom is 0.328 e. The van der Waals surface area contributed by atoms with E-state index in [2.05, 4.69) is 22.3 Å². The smallest absolute Gasteiger partial charge is 0.328 e. The number of nitrogens with one attached hydrogen (secondary N) is 2. The van der Waals surface area contributed by atoms with Crippen LogP contribution >= 0.6 is 0 Å². The number of carbonyl (C=O) groups excluding carboxylic acids is 2. The van der Waals surface area contributed by atoms with Crippen molar-refractivity contribution in [1.82, 2.24) is 10.6 Å². The van der Waals surface area contributed by atoms with E-state index in [0.29, 0.717) is 0 Å². The molecular formula is C14H28N2O3. The number of carbonyl (C=O) groups is 2. The first-order chi connectivity index (χ1) is 8.92. The van der Waals surface area contributed by atoms with E-state index >= 15 is 0 Å². The minimum atomic E-state index is -0.604. The average molecular weight is 272 g/mol. The molecule has 0 rings (SSSR count). The van der Waals surface area contributed by atoms with Crippen LogP contribution in [0.15, 0.2) is 0 Å². The number of hydrogen-bond donors (Lipinski definition) is 2. The molecule has 112 valence electrons. The van der Waals surface area contributed by atoms with Gasteiger partial charge in [-0.2, -0.15) is 0 Å². The monoisotopic (exact) mass is 272 g/mol. The van der Waals surface area contributed by atoms with Gasteiger partial charge >= 0.3 is 12.0 Å². The lowest BCUT2D eigenvalue weighted by atomic mass is 10.1. The number of ether oxygens (including phenoxy) is 1. The van der Waals surface area contributed by atoms with Crippen LogP contribution in [0.1, 0.15) is 53.4 Å². The maximum absolute atomic E-state index is 11.8. The van der Waals surface area contributed by atoms with Crippen LogP contribution in [0.2, 0.25) is 0 Å². The highest BCUT2D eigenvalue weighted by Gasteiger charge is 2.25. The van der Waals surface area contributed by atoms with Crippen molar-refractivity contribution < 1.29 is 14.3 Å². The highest BCUT2D eigenvalue weighted by Crippen LogP contribution is 2.05. The van der Waals surface area contributed by atoms with Crippen LogP contribution in [0.4, 0.5) is 4.79 Å². The number of esters is 1. The minimum absolute atomic E-state index is 0.00593. The molecule has 0 fully saturated rings. The van der Waals surface area contributed by atoms with Crippen molar-refractivity contribution in [1.29, 1.82) is 0 Å². The highest BCUT2D eigenvalue weighted by atomic mass is 16.5. The first kappa shape index (κ1) is 17.7. The molecule has 0 spiro atoms. The Kier molecular flexibility index (Phi) is 9.00. The molecule has 0 bridgehead atoms. The Morgan fingerprint density at radius 2 is 1.74 bits per heavy atom. The van der Waals surface area contributed by atoms with Gasteiger partial charge in [-0.25, -0.2) is 9.59 Å². The molecule has 5 nitrogen and oxygen atoms in total. The summed E-state index contributed by atoms with van der Waals surface area (Å²) in [5.41, 5.74) is 0. The summed E-state index contributed by atoms with van der Waals surface area (Å²) in [6.07, 6.45) is 4.38. The molecule has 2 amide bonds. The Hall–Kier alpha value is -1.26. The Morgan fingerprint density at radius 1 is 1.11 bits per heavy atom. The molecular weight excluding hydrogens is 244 g/mol. The van der Waals surface area contributed by atoms with E-state index in [1.54, 1.807) is 0 Å². The maximum atomic E-state index is 11.8. The van der Waals surface area contributed by atoms with Gasteiger partial charge in [-0.3, -0.25) is 0 Å². The fourth-order valence-corrected chi connectivity index (χ4v) is 1.80. The van der Waals surface area contributed by atoms with E-state index in [9.17, 15) is 9.59 Å². The molecule has 0 aliphatic rings. The normalized spacial score (nSPS) is 13.8. The Morgan fingerprint density at radius 3 is 2.21 bits per heavy atom. The van der Waals surface area contributed by atoms with Gasteiger partial charge in [0.05, 0.1) is 7.11 Å². The molecule has 2 unspecified atom stereocenters. The van der Waals surface area contributed by atoms with Crippen LogP contribution in [0.3, 0.4) is 0 Å². The predicted octanol–water partition coefficient (Wildman–Crippen LogP) is 2.45. The first-order valence-corrected chi connectivity index (χ1v) is 7.07. The van der Waals surface area contributed by atoms with Gasteiger partial charge in [0.1, 0.15) is 6.04 Å². The second-order valence-corrected chi connectivity index (χ2v) is 5.26. The zero-order valence-corrected chi connectivity index (χ0v) is 12.8. The van der Waals surface area contributed by atoms with Crippen LogP contribution in [-0.4, -0.2) is 31.2 Å². The van der Waals surface area contributed by atoms with Gasteiger partial charge in [-0.1, -0.05) is 40.0 Å². The van der Waals surface area contributed by atoms with Gasteiger partial charge in [0.2, 0.25) is 0 Å². The summed E-state index contributed by atoms with van der Waals surface area (Å²) in [5, 5.41) is 5.51. The molecule has 0 aromatic rings. The molecule has 0 saturated carbocycles. The molecule has 0 aromatic heterocycles. The highest BCUT2D eigenvalue weighted by molar-refractivity contribution is 5.83. The fourth-order valence-electron chi connectivity index (χ4n) is 1.80. The van der Waals surface area contributed by atoms with Crippen LogP contribution in [-0.2, 0) is 9.53 Å². The van der Waals surface area contributed by atoms with Crippen molar-refractivity contribution in [3.8, 4) is 0 Å². The standard InChI is InChI=1S/C14H28N2O3/c1-6-7-8-9-11(4)15-14(18)16-12(10(2)3)13(17)19-5/h10-12H,6-9H2,1-5H3,(H2,15,16,18). The molecule has 0 aliphatic carbocycles. The number of methoxy groups -OCH3 is 1. The lowest BCUT2D eigenvalue weighted by Crippen LogP contribution is -2.50. The topological polar surface area (TPSA) is 67.4 Å². The molecule has 0 aromatic carbocycles. The van der Waals surface area contributed by atoms with Gasteiger partial charge in [0.15, 0.2) is 0 Å². The van der Waals surface area contributed by atoms with Gasteiger partial charge in [-0.15, -0.1) is 0 Å². The van der Waals surface area contributed by atoms with Gasteiger partial charge in [0.25, 0.3) is 0 Å². The quantitative estimate of drug-likeness (QED) is 0.527. The van der Waals surface area contributed by atoms with E-state index < -0.39 is 12.0 Å². The average Bonchev–Trinajstić information content (AvgIpc) is 2.35. The van der Waals surface area contributed by atoms with E-state index in [4.69, 9.17) is 0 Å². The Balaban J connectivity index is 4.15. The third kappa shape index (κ3) is 7.70. The Bertz CT molecular complexity index is 280. The van der Waals surface area contributed by atoms with Crippen molar-refractivity contribution in [2.75, 3.05) is 7.11 Å². The molecule has 5 heteroatoms. The number of amides is 2. The van der Waals surface area contributed by atoms with Crippen molar-refractivity contribution >= 4 is 12.0 Å². The summed E-state index contributed by atoms with van der Waals surface area (Å²) < 4.78 is 4.68. The van der Waals surface area contributed by atoms with Crippen LogP contribution in [0.25, 0.3) is 0 Å². The van der Waals surface area contributed by atoms with Crippen LogP contribution < -0.4 is 10.6 Å². The molecule has 2 atom stereocenters. The summed E-state index contributed by atoms with van der Waals surface area (Å²) in [6.45, 7) is 7.85. The lowest BCUT2D eigenvalue weighted by Gasteiger charge is -2.21. The van der Waals surface area contributed by atoms with Crippen LogP contribution in [0.5, 0.6) is 0 Å². The predicted molar refractivity (Wildman–Crippen MR) is 75.9 cm³/mol. The zero-order chi connectivity index (χ0) is 14.8. The summed E-state index contributed by atoms with van der Waals surface area (Å²) >= 11 is 0. The first-order valence-electron chi connectivity index (χ1n) is 7.07. The number of hydrogen-bond acceptors (Lipinski definition) is 3. The molecule has 2 N–H and O–H groups in total. The summed E-state index contributed by atoms with van der Waals surface area (Å²) in [5.74, 6) is -0.419. The van der Waals surface area contributed by atoms with Gasteiger partial charge in [-0.05, 0) is 19.3 Å². The fraction of sp³-hybridized carbons (Fsp3) is 0.857. The van der Waals surface area contributed by atoms with Gasteiger partial charge < -0.3 is 15.4 Å². The van der Waals surface area contributed by atoms with E-state index in [-0.39, 0.29) is 18.0 Å². The number of unbranched alkanes of at least 4 members (excludes halogenated alkanes) is 2. The molecule has 19 heavy (non-hydrogen) atoms. The second kappa shape index (κ2) is 9.64. The van der Waals surface area contributed by atoms with Crippen molar-refractivity contribution in [2.24, 2.45) is 5.92 Å². The molecule has 0 saturated heterocycles. The largest absolute Gasteiger partial charge is 0.467 e. The van der Waals surface area contributed by atoms with E-state index in [1.165, 1.54) is 13.5 Å². The van der Waals surface area contributed by atoms with Crippen molar-refractivity contribution in [2.45, 2.75) is 65.5 Å².